The zero-order valence-electron chi connectivity index (χ0n) is 17.0. The van der Waals surface area contributed by atoms with Crippen LogP contribution in [0.1, 0.15) is 33.4 Å². The van der Waals surface area contributed by atoms with Crippen LogP contribution in [0.15, 0.2) is 24.4 Å². The van der Waals surface area contributed by atoms with Crippen LogP contribution < -0.4 is 30.1 Å². The molecular weight excluding hydrogens is 644 g/mol. The van der Waals surface area contributed by atoms with Gasteiger partial charge in [-0.25, -0.2) is 0 Å². The predicted molar refractivity (Wildman–Crippen MR) is 101 cm³/mol. The minimum atomic E-state index is -3.73. The normalized spacial score (nSPS) is 11.3. The molecule has 13 heteroatoms. The summed E-state index contributed by atoms with van der Waals surface area (Å²) in [6.07, 6.45) is 1.69. The number of hydrogen-bond acceptors (Lipinski definition) is 8. The molecule has 174 valence electrons. The van der Waals surface area contributed by atoms with E-state index in [4.69, 9.17) is 18.1 Å². The van der Waals surface area contributed by atoms with Gasteiger partial charge < -0.3 is 48.2 Å². The fourth-order valence-corrected chi connectivity index (χ4v) is 7.54. The minimum absolute atomic E-state index is 0. The van der Waals surface area contributed by atoms with Gasteiger partial charge in [0.15, 0.2) is 5.40 Å². The third kappa shape index (κ3) is 11.2. The molecule has 0 aliphatic heterocycles. The second-order valence-corrected chi connectivity index (χ2v) is 10.0. The van der Waals surface area contributed by atoms with Crippen LogP contribution in [0.5, 0.6) is 0 Å². The van der Waals surface area contributed by atoms with E-state index in [0.29, 0.717) is 6.54 Å². The molecule has 0 spiro atoms. The second-order valence-electron chi connectivity index (χ2n) is 5.18. The molecule has 0 saturated carbocycles. The first kappa shape index (κ1) is 34.3. The molecule has 0 amide bonds. The van der Waals surface area contributed by atoms with Gasteiger partial charge in [-0.05, 0) is 39.8 Å². The quantitative estimate of drug-likeness (QED) is 0.228. The number of halogens is 2. The fraction of sp³-hybridized carbons (Fsp3) is 0.688. The maximum atomic E-state index is 13.3. The van der Waals surface area contributed by atoms with Crippen LogP contribution in [0.25, 0.3) is 0 Å². The molecule has 0 aliphatic carbocycles. The number of nitrogens with one attached hydrogen (secondary N) is 1. The molecular formula is C16H30Cl2N2O6P2Pt. The van der Waals surface area contributed by atoms with E-state index in [-0.39, 0.29) is 78.9 Å². The average molecular weight is 674 g/mol. The van der Waals surface area contributed by atoms with Crippen LogP contribution >= 0.6 is 15.2 Å². The largest absolute Gasteiger partial charge is 2.00 e. The van der Waals surface area contributed by atoms with Crippen molar-refractivity contribution in [3.63, 3.8) is 0 Å². The van der Waals surface area contributed by atoms with Gasteiger partial charge in [-0.15, -0.1) is 0 Å². The predicted octanol–water partition coefficient (Wildman–Crippen LogP) is -1.96. The zero-order valence-corrected chi connectivity index (χ0v) is 22.6. The van der Waals surface area contributed by atoms with Crippen LogP contribution in [0.2, 0.25) is 0 Å². The molecule has 1 rings (SSSR count). The van der Waals surface area contributed by atoms with E-state index in [9.17, 15) is 9.13 Å². The van der Waals surface area contributed by atoms with Crippen molar-refractivity contribution < 1.29 is 73.1 Å². The smallest absolute Gasteiger partial charge is 1.00 e. The molecule has 0 radical (unpaired) electrons. The Labute approximate surface area is 200 Å². The Morgan fingerprint density at radius 3 is 1.69 bits per heavy atom. The summed E-state index contributed by atoms with van der Waals surface area (Å²) < 4.78 is 48.3. The Morgan fingerprint density at radius 1 is 0.897 bits per heavy atom. The molecule has 1 aromatic heterocycles. The number of rotatable bonds is 14. The van der Waals surface area contributed by atoms with Crippen molar-refractivity contribution in [2.75, 3.05) is 33.0 Å². The number of pyridine rings is 1. The van der Waals surface area contributed by atoms with Crippen molar-refractivity contribution in [3.8, 4) is 0 Å². The van der Waals surface area contributed by atoms with Gasteiger partial charge in [0.2, 0.25) is 0 Å². The SMILES string of the molecule is CCOP(=O)(OCC)C(CNCc1ccccn1)P(=O)(OCC)OCC.[Cl-].[Cl-].[Pt+2]. The van der Waals surface area contributed by atoms with Crippen LogP contribution in [0, 0.1) is 0 Å². The summed E-state index contributed by atoms with van der Waals surface area (Å²) >= 11 is 0. The summed E-state index contributed by atoms with van der Waals surface area (Å²) in [5.74, 6) is 0. The molecule has 1 aromatic rings. The van der Waals surface area contributed by atoms with Gasteiger partial charge in [-0.2, -0.15) is 0 Å². The average Bonchev–Trinajstić information content (AvgIpc) is 2.60. The molecule has 0 aromatic carbocycles. The third-order valence-corrected chi connectivity index (χ3v) is 9.32. The molecule has 0 atom stereocenters. The summed E-state index contributed by atoms with van der Waals surface area (Å²) in [5, 5.41) is 2.05. The standard InChI is InChI=1S/C16H30N2O6P2.2ClH.Pt/c1-5-21-25(19,22-6-2)16(26(20,23-7-3)24-8-4)14-17-13-15-11-9-10-12-18-15;;;/h9-12,16-17H,5-8,13-14H2,1-4H3;2*1H;/q;;;+2/p-2. The topological polar surface area (TPSA) is 96.0 Å². The summed E-state index contributed by atoms with van der Waals surface area (Å²) in [4.78, 5) is 4.22. The van der Waals surface area contributed by atoms with Crippen LogP contribution in [-0.4, -0.2) is 43.4 Å². The summed E-state index contributed by atoms with van der Waals surface area (Å²) in [6.45, 7) is 7.94. The first-order chi connectivity index (χ1) is 12.5. The van der Waals surface area contributed by atoms with Crippen molar-refractivity contribution in [2.24, 2.45) is 0 Å². The van der Waals surface area contributed by atoms with Gasteiger partial charge in [-0.1, -0.05) is 6.07 Å². The van der Waals surface area contributed by atoms with Crippen LogP contribution in [0.4, 0.5) is 0 Å². The van der Waals surface area contributed by atoms with Gasteiger partial charge in [-0.3, -0.25) is 14.1 Å². The van der Waals surface area contributed by atoms with Crippen molar-refractivity contribution in [3.05, 3.63) is 30.1 Å². The van der Waals surface area contributed by atoms with Gasteiger partial charge in [0, 0.05) is 19.3 Å². The van der Waals surface area contributed by atoms with E-state index in [1.165, 1.54) is 0 Å². The monoisotopic (exact) mass is 673 g/mol. The molecule has 0 unspecified atom stereocenters. The van der Waals surface area contributed by atoms with Crippen LogP contribution in [-0.2, 0) is 54.8 Å². The molecule has 0 fully saturated rings. The van der Waals surface area contributed by atoms with Crippen LogP contribution in [0.3, 0.4) is 0 Å². The Bertz CT molecular complexity index is 568. The van der Waals surface area contributed by atoms with E-state index in [0.717, 1.165) is 5.69 Å². The Kier molecular flexibility index (Phi) is 21.6. The van der Waals surface area contributed by atoms with Gasteiger partial charge >= 0.3 is 36.3 Å². The molecule has 29 heavy (non-hydrogen) atoms. The van der Waals surface area contributed by atoms with Crippen molar-refractivity contribution in [1.82, 2.24) is 10.3 Å². The first-order valence-electron chi connectivity index (χ1n) is 8.83. The third-order valence-electron chi connectivity index (χ3n) is 3.33. The molecule has 8 nitrogen and oxygen atoms in total. The fourth-order valence-electron chi connectivity index (χ4n) is 2.37. The Hall–Kier alpha value is 0.678. The van der Waals surface area contributed by atoms with Crippen molar-refractivity contribution in [1.29, 1.82) is 0 Å². The number of hydrogen-bond donors (Lipinski definition) is 1. The molecule has 1 N–H and O–H groups in total. The second kappa shape index (κ2) is 18.3. The van der Waals surface area contributed by atoms with E-state index in [2.05, 4.69) is 10.3 Å². The van der Waals surface area contributed by atoms with Gasteiger partial charge in [0.1, 0.15) is 0 Å². The molecule has 1 heterocycles. The maximum absolute atomic E-state index is 13.3. The maximum Gasteiger partial charge on any atom is 2.00 e. The van der Waals surface area contributed by atoms with Gasteiger partial charge in [0.25, 0.3) is 0 Å². The van der Waals surface area contributed by atoms with E-state index in [1.54, 1.807) is 33.9 Å². The number of nitrogens with zero attached hydrogens (tertiary/aromatic N) is 1. The summed E-state index contributed by atoms with van der Waals surface area (Å²) in [7, 11) is -7.46. The summed E-state index contributed by atoms with van der Waals surface area (Å²) in [5.41, 5.74) is 0.802. The van der Waals surface area contributed by atoms with Crippen molar-refractivity contribution >= 4 is 15.2 Å². The minimum Gasteiger partial charge on any atom is -1.00 e. The zero-order chi connectivity index (χ0) is 19.5. The van der Waals surface area contributed by atoms with E-state index in [1.807, 2.05) is 18.2 Å². The Balaban J connectivity index is -0.00000225. The van der Waals surface area contributed by atoms with E-state index < -0.39 is 20.6 Å². The van der Waals surface area contributed by atoms with E-state index >= 15 is 0 Å². The first-order valence-corrected chi connectivity index (χ1v) is 12.1. The number of aromatic nitrogens is 1. The van der Waals surface area contributed by atoms with Crippen molar-refractivity contribution in [2.45, 2.75) is 39.6 Å². The molecule has 0 bridgehead atoms. The Morgan fingerprint density at radius 2 is 1.34 bits per heavy atom. The summed E-state index contributed by atoms with van der Waals surface area (Å²) in [6, 6.07) is 5.55. The molecule has 0 saturated heterocycles. The van der Waals surface area contributed by atoms with Gasteiger partial charge in [0.05, 0.1) is 32.1 Å². The molecule has 0 aliphatic rings.